The molecule has 0 saturated carbocycles. The third kappa shape index (κ3) is 3.92. The van der Waals surface area contributed by atoms with E-state index in [1.807, 2.05) is 0 Å². The summed E-state index contributed by atoms with van der Waals surface area (Å²) in [7, 11) is 0. The number of hydrogen-bond donors (Lipinski definition) is 4. The number of hydrogen-bond acceptors (Lipinski definition) is 5. The maximum atomic E-state index is 11.9. The molecule has 112 valence electrons. The second kappa shape index (κ2) is 6.85. The highest BCUT2D eigenvalue weighted by Gasteiger charge is 2.37. The van der Waals surface area contributed by atoms with Crippen molar-refractivity contribution in [3.63, 3.8) is 0 Å². The van der Waals surface area contributed by atoms with Gasteiger partial charge in [0, 0.05) is 13.1 Å². The molecule has 2 unspecified atom stereocenters. The molecule has 1 aliphatic heterocycles. The molecule has 0 aromatic carbocycles. The molecule has 9 heteroatoms. The minimum atomic E-state index is -1.14. The van der Waals surface area contributed by atoms with Crippen LogP contribution < -0.4 is 16.0 Å². The molecule has 0 bridgehead atoms. The van der Waals surface area contributed by atoms with Crippen LogP contribution in [0.15, 0.2) is 0 Å². The highest BCUT2D eigenvalue weighted by atomic mass is 16.4. The van der Waals surface area contributed by atoms with E-state index in [0.29, 0.717) is 6.54 Å². The van der Waals surface area contributed by atoms with Gasteiger partial charge in [-0.2, -0.15) is 0 Å². The van der Waals surface area contributed by atoms with E-state index in [4.69, 9.17) is 5.11 Å². The Bertz CT molecular complexity index is 425. The first-order chi connectivity index (χ1) is 9.36. The first-order valence-corrected chi connectivity index (χ1v) is 6.20. The van der Waals surface area contributed by atoms with E-state index >= 15 is 0 Å². The van der Waals surface area contributed by atoms with Crippen LogP contribution in [0.3, 0.4) is 0 Å². The van der Waals surface area contributed by atoms with E-state index in [-0.39, 0.29) is 19.0 Å². The number of carbonyl (C=O) groups excluding carboxylic acids is 3. The number of rotatable bonds is 4. The van der Waals surface area contributed by atoms with Gasteiger partial charge in [-0.15, -0.1) is 0 Å². The Labute approximate surface area is 115 Å². The topological polar surface area (TPSA) is 128 Å². The van der Waals surface area contributed by atoms with Crippen molar-refractivity contribution in [3.8, 4) is 0 Å². The fourth-order valence-electron chi connectivity index (χ4n) is 1.87. The summed E-state index contributed by atoms with van der Waals surface area (Å²) < 4.78 is 0. The van der Waals surface area contributed by atoms with Crippen LogP contribution >= 0.6 is 0 Å². The molecule has 0 aromatic heterocycles. The third-order valence-corrected chi connectivity index (χ3v) is 2.96. The molecular formula is C11H18N4O5. The molecule has 0 radical (unpaired) electrons. The standard InChI is InChI=1S/C11H18N4O5/c1-3-12-11(20)14-9(17)6(2)15-5-8(16)13-4-7(15)10(18)19/h6-7H,3-5H2,1-2H3,(H,13,16)(H,18,19)(H2,12,14,17,20). The summed E-state index contributed by atoms with van der Waals surface area (Å²) in [6.07, 6.45) is 0. The molecule has 1 fully saturated rings. The number of carbonyl (C=O) groups is 4. The molecule has 1 rings (SSSR count). The van der Waals surface area contributed by atoms with E-state index in [1.165, 1.54) is 11.8 Å². The molecule has 0 aromatic rings. The summed E-state index contributed by atoms with van der Waals surface area (Å²) >= 11 is 0. The molecule has 0 spiro atoms. The number of piperazine rings is 1. The first kappa shape index (κ1) is 15.9. The van der Waals surface area contributed by atoms with E-state index in [1.54, 1.807) is 6.92 Å². The van der Waals surface area contributed by atoms with Crippen LogP contribution in [0.5, 0.6) is 0 Å². The van der Waals surface area contributed by atoms with Gasteiger partial charge in [0.2, 0.25) is 11.8 Å². The SMILES string of the molecule is CCNC(=O)NC(=O)C(C)N1CC(=O)NCC1C(=O)O. The van der Waals surface area contributed by atoms with Crippen molar-refractivity contribution < 1.29 is 24.3 Å². The Morgan fingerprint density at radius 1 is 1.50 bits per heavy atom. The number of amides is 4. The maximum Gasteiger partial charge on any atom is 0.322 e. The van der Waals surface area contributed by atoms with Crippen LogP contribution in [-0.4, -0.2) is 65.5 Å². The maximum absolute atomic E-state index is 11.9. The zero-order valence-corrected chi connectivity index (χ0v) is 11.3. The second-order valence-corrected chi connectivity index (χ2v) is 4.36. The van der Waals surface area contributed by atoms with E-state index in [0.717, 1.165) is 0 Å². The van der Waals surface area contributed by atoms with Gasteiger partial charge in [0.15, 0.2) is 0 Å². The molecule has 4 N–H and O–H groups in total. The molecule has 9 nitrogen and oxygen atoms in total. The van der Waals surface area contributed by atoms with Gasteiger partial charge in [0.25, 0.3) is 0 Å². The van der Waals surface area contributed by atoms with Crippen molar-refractivity contribution >= 4 is 23.8 Å². The van der Waals surface area contributed by atoms with E-state index in [9.17, 15) is 19.2 Å². The minimum absolute atomic E-state index is 0.0764. The molecule has 4 amide bonds. The van der Waals surface area contributed by atoms with Crippen molar-refractivity contribution in [2.45, 2.75) is 25.9 Å². The minimum Gasteiger partial charge on any atom is -0.480 e. The van der Waals surface area contributed by atoms with Crippen LogP contribution in [0, 0.1) is 0 Å². The summed E-state index contributed by atoms with van der Waals surface area (Å²) in [6.45, 7) is 3.22. The van der Waals surface area contributed by atoms with Crippen LogP contribution in [0.2, 0.25) is 0 Å². The van der Waals surface area contributed by atoms with Crippen molar-refractivity contribution in [2.24, 2.45) is 0 Å². The zero-order chi connectivity index (χ0) is 15.3. The van der Waals surface area contributed by atoms with Gasteiger partial charge in [0.1, 0.15) is 6.04 Å². The fourth-order valence-corrected chi connectivity index (χ4v) is 1.87. The predicted molar refractivity (Wildman–Crippen MR) is 67.8 cm³/mol. The molecule has 20 heavy (non-hydrogen) atoms. The average molecular weight is 286 g/mol. The fraction of sp³-hybridized carbons (Fsp3) is 0.636. The van der Waals surface area contributed by atoms with Gasteiger partial charge in [-0.3, -0.25) is 24.6 Å². The lowest BCUT2D eigenvalue weighted by Crippen LogP contribution is -2.63. The first-order valence-electron chi connectivity index (χ1n) is 6.20. The normalized spacial score (nSPS) is 20.7. The molecule has 0 aliphatic carbocycles. The second-order valence-electron chi connectivity index (χ2n) is 4.36. The Kier molecular flexibility index (Phi) is 5.44. The lowest BCUT2D eigenvalue weighted by molar-refractivity contribution is -0.148. The largest absolute Gasteiger partial charge is 0.480 e. The van der Waals surface area contributed by atoms with E-state index in [2.05, 4.69) is 16.0 Å². The average Bonchev–Trinajstić information content (AvgIpc) is 2.37. The number of aliphatic carboxylic acids is 1. The van der Waals surface area contributed by atoms with E-state index < -0.39 is 30.0 Å². The number of carboxylic acid groups (broad SMARTS) is 1. The number of nitrogens with one attached hydrogen (secondary N) is 3. The summed E-state index contributed by atoms with van der Waals surface area (Å²) in [5.74, 6) is -2.15. The number of urea groups is 1. The summed E-state index contributed by atoms with van der Waals surface area (Å²) in [5.41, 5.74) is 0. The highest BCUT2D eigenvalue weighted by molar-refractivity contribution is 5.97. The quantitative estimate of drug-likeness (QED) is 0.478. The number of nitrogens with zero attached hydrogens (tertiary/aromatic N) is 1. The summed E-state index contributed by atoms with van der Waals surface area (Å²) in [5, 5.41) is 16.0. The smallest absolute Gasteiger partial charge is 0.322 e. The Hall–Kier alpha value is -2.16. The van der Waals surface area contributed by atoms with Gasteiger partial charge in [-0.05, 0) is 13.8 Å². The summed E-state index contributed by atoms with van der Waals surface area (Å²) in [4.78, 5) is 46.8. The molecular weight excluding hydrogens is 268 g/mol. The molecule has 2 atom stereocenters. The Morgan fingerprint density at radius 3 is 2.70 bits per heavy atom. The van der Waals surface area contributed by atoms with Crippen molar-refractivity contribution in [3.05, 3.63) is 0 Å². The van der Waals surface area contributed by atoms with Gasteiger partial charge in [-0.25, -0.2) is 4.79 Å². The third-order valence-electron chi connectivity index (χ3n) is 2.96. The number of imide groups is 1. The molecule has 1 aliphatic rings. The lowest BCUT2D eigenvalue weighted by Gasteiger charge is -2.36. The van der Waals surface area contributed by atoms with Gasteiger partial charge < -0.3 is 15.7 Å². The van der Waals surface area contributed by atoms with Crippen molar-refractivity contribution in [1.82, 2.24) is 20.9 Å². The highest BCUT2D eigenvalue weighted by Crippen LogP contribution is 2.09. The predicted octanol–water partition coefficient (Wildman–Crippen LogP) is -1.89. The number of carboxylic acids is 1. The van der Waals surface area contributed by atoms with Crippen LogP contribution in [0.1, 0.15) is 13.8 Å². The van der Waals surface area contributed by atoms with Crippen molar-refractivity contribution in [2.75, 3.05) is 19.6 Å². The zero-order valence-electron chi connectivity index (χ0n) is 11.3. The van der Waals surface area contributed by atoms with Gasteiger partial charge in [-0.1, -0.05) is 0 Å². The van der Waals surface area contributed by atoms with Crippen molar-refractivity contribution in [1.29, 1.82) is 0 Å². The molecule has 1 saturated heterocycles. The monoisotopic (exact) mass is 286 g/mol. The van der Waals surface area contributed by atoms with Gasteiger partial charge in [0.05, 0.1) is 12.6 Å². The van der Waals surface area contributed by atoms with Gasteiger partial charge >= 0.3 is 12.0 Å². The molecule has 1 heterocycles. The van der Waals surface area contributed by atoms with Crippen LogP contribution in [0.4, 0.5) is 4.79 Å². The van der Waals surface area contributed by atoms with Crippen LogP contribution in [-0.2, 0) is 14.4 Å². The Morgan fingerprint density at radius 2 is 2.15 bits per heavy atom. The Balaban J connectivity index is 2.73. The summed E-state index contributed by atoms with van der Waals surface area (Å²) in [6, 6.07) is -2.56. The lowest BCUT2D eigenvalue weighted by atomic mass is 10.1. The van der Waals surface area contributed by atoms with Crippen LogP contribution in [0.25, 0.3) is 0 Å².